The van der Waals surface area contributed by atoms with E-state index < -0.39 is 285 Å². The molecule has 0 saturated carbocycles. The zero-order valence-corrected chi connectivity index (χ0v) is 53.8. The Morgan fingerprint density at radius 2 is 0.592 bits per heavy atom. The fourth-order valence-electron chi connectivity index (χ4n) is 14.1. The number of ether oxygens (including phenoxy) is 17. The fourth-order valence-corrected chi connectivity index (χ4v) is 14.1. The Hall–Kier alpha value is -1.64. The van der Waals surface area contributed by atoms with E-state index >= 15 is 0 Å². The average Bonchev–Trinajstić information content (AvgIpc) is 0.818. The maximum Gasteiger partial charge on any atom is 0.229 e. The Morgan fingerprint density at radius 3 is 0.878 bits per heavy atom. The molecule has 41 heteroatoms. The molecule has 0 aromatic carbocycles. The minimum absolute atomic E-state index is 0.0448. The van der Waals surface area contributed by atoms with Crippen LogP contribution in [0.5, 0.6) is 0 Å². The lowest BCUT2D eigenvalue weighted by molar-refractivity contribution is -0.455. The summed E-state index contributed by atoms with van der Waals surface area (Å²) in [5.74, 6) is -2.83. The molecule has 31 rings (SSSR count). The standard InChI is InChI=1S/C57H98N2O39/c1-5-18-41-26(66)33(73)49(83-18)93-43-20(11-60)86-52(36(76)28(43)68)94-44-21(12-61)87-53(37(77)29(44)69)95-45-22(13-62)88-54(38(78)30(45)70)96-47-24(15-64)89-56(39(79)32(47)72)98-57(82-4)25(16-65)90-55(40(80)48(57)81)97-46-23(14-63)85-51(35(75)31(46)71)92-42-19(84-50(91-41)34(74)27(42)67)10-58-6-8-59(9-7-58)17(2)3/h17-56,60-81H,5-16H2,1-4H3. The topological polar surface area (TPSA) is 608 Å². The normalized spacial score (nSPS) is 53.1. The van der Waals surface area contributed by atoms with Crippen molar-refractivity contribution in [2.45, 2.75) is 279 Å². The smallest absolute Gasteiger partial charge is 0.229 e. The van der Waals surface area contributed by atoms with Gasteiger partial charge in [-0.2, -0.15) is 0 Å². The maximum atomic E-state index is 12.1. The third-order valence-electron chi connectivity index (χ3n) is 19.9. The van der Waals surface area contributed by atoms with Crippen LogP contribution in [0.15, 0.2) is 0 Å². The molecule has 0 aromatic rings. The summed E-state index contributed by atoms with van der Waals surface area (Å²) < 4.78 is 100. The first-order valence-corrected chi connectivity index (χ1v) is 32.7. The molecule has 0 aliphatic carbocycles. The molecular formula is C57H98N2O39. The van der Waals surface area contributed by atoms with Crippen molar-refractivity contribution in [1.82, 2.24) is 9.80 Å². The number of hydrogen-bond donors (Lipinski definition) is 22. The van der Waals surface area contributed by atoms with Gasteiger partial charge in [-0.05, 0) is 20.3 Å². The largest absolute Gasteiger partial charge is 0.394 e. The summed E-state index contributed by atoms with van der Waals surface area (Å²) in [5.41, 5.74) is 0. The predicted molar refractivity (Wildman–Crippen MR) is 306 cm³/mol. The zero-order valence-electron chi connectivity index (χ0n) is 53.8. The van der Waals surface area contributed by atoms with Gasteiger partial charge in [0.25, 0.3) is 0 Å². The Labute approximate surface area is 559 Å². The highest BCUT2D eigenvalue weighted by Crippen LogP contribution is 2.43. The highest BCUT2D eigenvalue weighted by Gasteiger charge is 2.64. The van der Waals surface area contributed by atoms with Crippen LogP contribution < -0.4 is 0 Å². The van der Waals surface area contributed by atoms with E-state index in [0.717, 1.165) is 7.11 Å². The molecule has 31 aliphatic heterocycles. The van der Waals surface area contributed by atoms with Gasteiger partial charge in [-0.25, -0.2) is 0 Å². The maximum absolute atomic E-state index is 12.1. The van der Waals surface area contributed by atoms with Crippen LogP contribution in [-0.2, 0) is 80.5 Å². The number of piperazine rings is 1. The van der Waals surface area contributed by atoms with E-state index in [2.05, 4.69) is 4.90 Å². The van der Waals surface area contributed by atoms with E-state index in [1.165, 1.54) is 0 Å². The molecule has 0 amide bonds. The molecule has 0 spiro atoms. The lowest BCUT2D eigenvalue weighted by atomic mass is 9.92. The second-order valence-electron chi connectivity index (χ2n) is 26.3. The van der Waals surface area contributed by atoms with E-state index in [1.807, 2.05) is 18.7 Å². The molecule has 0 radical (unpaired) electrons. The van der Waals surface area contributed by atoms with Crippen molar-refractivity contribution in [3.63, 3.8) is 0 Å². The summed E-state index contributed by atoms with van der Waals surface area (Å²) in [4.78, 5) is 4.14. The molecule has 98 heavy (non-hydrogen) atoms. The number of hydrogen-bond acceptors (Lipinski definition) is 41. The van der Waals surface area contributed by atoms with Gasteiger partial charge in [0.15, 0.2) is 50.3 Å². The van der Waals surface area contributed by atoms with Crippen LogP contribution in [0, 0.1) is 0 Å². The Kier molecular flexibility index (Phi) is 26.9. The number of methoxy groups -OCH3 is 1. The molecule has 31 saturated heterocycles. The Bertz CT molecular complexity index is 2440. The second kappa shape index (κ2) is 33.4. The van der Waals surface area contributed by atoms with Gasteiger partial charge in [-0.1, -0.05) is 6.92 Å². The Balaban J connectivity index is 0.941. The van der Waals surface area contributed by atoms with Gasteiger partial charge in [0.2, 0.25) is 5.79 Å². The molecule has 22 N–H and O–H groups in total. The summed E-state index contributed by atoms with van der Waals surface area (Å²) in [7, 11) is 0.890. The minimum Gasteiger partial charge on any atom is -0.394 e. The molecule has 41 nitrogen and oxygen atoms in total. The first-order valence-electron chi connectivity index (χ1n) is 32.7. The monoisotopic (exact) mass is 1430 g/mol. The van der Waals surface area contributed by atoms with Crippen LogP contribution in [-0.4, -0.2) is 453 Å². The van der Waals surface area contributed by atoms with Crippen LogP contribution >= 0.6 is 0 Å². The van der Waals surface area contributed by atoms with E-state index in [0.29, 0.717) is 26.2 Å². The van der Waals surface area contributed by atoms with Crippen LogP contribution in [0.2, 0.25) is 0 Å². The van der Waals surface area contributed by atoms with Gasteiger partial charge in [0.1, 0.15) is 183 Å². The number of aliphatic hydroxyl groups excluding tert-OH is 22. The van der Waals surface area contributed by atoms with Gasteiger partial charge in [-0.3, -0.25) is 9.80 Å². The van der Waals surface area contributed by atoms with Crippen LogP contribution in [0.25, 0.3) is 0 Å². The first kappa shape index (κ1) is 78.9. The van der Waals surface area contributed by atoms with Crippen LogP contribution in [0.4, 0.5) is 0 Å². The summed E-state index contributed by atoms with van der Waals surface area (Å²) in [6.45, 7) is 1.06. The quantitative estimate of drug-likeness (QED) is 0.0913. The highest BCUT2D eigenvalue weighted by molar-refractivity contribution is 5.04. The molecule has 0 aromatic heterocycles. The van der Waals surface area contributed by atoms with Crippen molar-refractivity contribution in [3.8, 4) is 0 Å². The number of rotatable bonds is 11. The van der Waals surface area contributed by atoms with Crippen molar-refractivity contribution in [3.05, 3.63) is 0 Å². The fraction of sp³-hybridized carbons (Fsp3) is 1.00. The molecule has 40 atom stereocenters. The van der Waals surface area contributed by atoms with Gasteiger partial charge in [-0.15, -0.1) is 0 Å². The minimum atomic E-state index is -2.83. The Morgan fingerprint density at radius 1 is 0.327 bits per heavy atom. The molecule has 40 unspecified atom stereocenters. The van der Waals surface area contributed by atoms with Crippen LogP contribution in [0.1, 0.15) is 27.2 Å². The van der Waals surface area contributed by atoms with E-state index in [9.17, 15) is 112 Å². The third-order valence-corrected chi connectivity index (χ3v) is 19.9. The van der Waals surface area contributed by atoms with Crippen molar-refractivity contribution in [2.24, 2.45) is 0 Å². The van der Waals surface area contributed by atoms with E-state index in [4.69, 9.17) is 80.5 Å². The lowest BCUT2D eigenvalue weighted by Crippen LogP contribution is -2.73. The van der Waals surface area contributed by atoms with Crippen molar-refractivity contribution in [1.29, 1.82) is 0 Å². The van der Waals surface area contributed by atoms with Gasteiger partial charge >= 0.3 is 0 Å². The lowest BCUT2D eigenvalue weighted by Gasteiger charge is -2.53. The molecule has 31 heterocycles. The SMILES string of the molecule is CCC1OC2OC3C(CO)OC(OC4C(CO)OC(OC5C(CO)OC(OC6C(CO)OC(OC7(OC)C(CO)OC(OC8C(CO)OC(OC9C(CN%10CCN(C(C)C)CC%10)OC(OC1C(O)C2O)C(O)C9O)C(O)C8O)C(O)C7O)C(O)C6O)C(O)C5O)C(O)C4O)C(O)C3O. The molecule has 31 aliphatic rings. The molecule has 570 valence electrons. The van der Waals surface area contributed by atoms with Gasteiger partial charge in [0, 0.05) is 45.9 Å². The summed E-state index contributed by atoms with van der Waals surface area (Å²) >= 11 is 0. The highest BCUT2D eigenvalue weighted by atomic mass is 16.8. The summed E-state index contributed by atoms with van der Waals surface area (Å²) in [6.07, 6.45) is -78.1. The van der Waals surface area contributed by atoms with Gasteiger partial charge in [0.05, 0.1) is 45.7 Å². The average molecular weight is 1440 g/mol. The molecule has 31 fully saturated rings. The summed E-state index contributed by atoms with van der Waals surface area (Å²) in [5, 5.41) is 250. The first-order chi connectivity index (χ1) is 46.6. The van der Waals surface area contributed by atoms with Crippen LogP contribution in [0.3, 0.4) is 0 Å². The van der Waals surface area contributed by atoms with Crippen molar-refractivity contribution in [2.75, 3.05) is 79.5 Å². The van der Waals surface area contributed by atoms with Crippen molar-refractivity contribution >= 4 is 0 Å². The van der Waals surface area contributed by atoms with E-state index in [1.54, 1.807) is 6.92 Å². The third kappa shape index (κ3) is 15.5. The number of aliphatic hydroxyl groups is 22. The zero-order chi connectivity index (χ0) is 71.3. The number of nitrogens with zero attached hydrogens (tertiary/aromatic N) is 2. The molecular weight excluding hydrogens is 1340 g/mol. The predicted octanol–water partition coefficient (Wildman–Crippen LogP) is -15.0. The van der Waals surface area contributed by atoms with Gasteiger partial charge < -0.3 is 193 Å². The van der Waals surface area contributed by atoms with Crippen molar-refractivity contribution < 1.29 is 193 Å². The molecule has 16 bridgehead atoms. The summed E-state index contributed by atoms with van der Waals surface area (Å²) in [6, 6.07) is 0.176. The van der Waals surface area contributed by atoms with E-state index in [-0.39, 0.29) is 19.0 Å². The second-order valence-corrected chi connectivity index (χ2v) is 26.3.